The number of rotatable bonds is 3. The van der Waals surface area contributed by atoms with Crippen molar-refractivity contribution >= 4 is 16.9 Å². The first-order valence-corrected chi connectivity index (χ1v) is 9.97. The Bertz CT molecular complexity index is 811. The minimum atomic E-state index is -0.0753. The number of carbonyl (C=O) groups excluding carboxylic acids is 1. The van der Waals surface area contributed by atoms with Gasteiger partial charge in [-0.2, -0.15) is 0 Å². The molecule has 3 nitrogen and oxygen atoms in total. The third kappa shape index (κ3) is 3.72. The molecule has 2 heterocycles. The number of hydrogen-bond donors (Lipinski definition) is 0. The molecule has 0 saturated heterocycles. The third-order valence-corrected chi connectivity index (χ3v) is 5.83. The first kappa shape index (κ1) is 19.1. The van der Waals surface area contributed by atoms with Crippen LogP contribution < -0.4 is 0 Å². The van der Waals surface area contributed by atoms with Gasteiger partial charge >= 0.3 is 0 Å². The van der Waals surface area contributed by atoms with Crippen molar-refractivity contribution in [2.45, 2.75) is 85.5 Å². The lowest BCUT2D eigenvalue weighted by Gasteiger charge is -2.34. The van der Waals surface area contributed by atoms with E-state index in [9.17, 15) is 4.79 Å². The van der Waals surface area contributed by atoms with Crippen LogP contribution in [-0.2, 0) is 5.41 Å². The molecule has 1 fully saturated rings. The molecule has 0 aromatic carbocycles. The van der Waals surface area contributed by atoms with E-state index in [1.54, 1.807) is 0 Å². The monoisotopic (exact) mass is 355 g/mol. The van der Waals surface area contributed by atoms with Crippen LogP contribution in [0.2, 0.25) is 0 Å². The molecule has 1 aliphatic rings. The lowest BCUT2D eigenvalue weighted by molar-refractivity contribution is 0.0913. The van der Waals surface area contributed by atoms with Gasteiger partial charge in [0.2, 0.25) is 5.78 Å². The number of Topliss-reactive ketones (excluding diaryl/α,β-unsaturated/α-hetero) is 1. The summed E-state index contributed by atoms with van der Waals surface area (Å²) in [6, 6.07) is 4.08. The van der Waals surface area contributed by atoms with Crippen molar-refractivity contribution in [3.8, 4) is 0 Å². The van der Waals surface area contributed by atoms with E-state index in [-0.39, 0.29) is 17.1 Å². The molecule has 3 rings (SSSR count). The van der Waals surface area contributed by atoms with E-state index in [2.05, 4.69) is 40.7 Å². The molecule has 142 valence electrons. The quantitative estimate of drug-likeness (QED) is 0.579. The molecular weight excluding hydrogens is 322 g/mol. The molecule has 26 heavy (non-hydrogen) atoms. The summed E-state index contributed by atoms with van der Waals surface area (Å²) in [5, 5.41) is 0. The van der Waals surface area contributed by atoms with Gasteiger partial charge in [-0.25, -0.2) is 4.98 Å². The molecule has 0 atom stereocenters. The van der Waals surface area contributed by atoms with Crippen LogP contribution in [0.25, 0.3) is 11.1 Å². The number of pyridine rings is 1. The maximum absolute atomic E-state index is 12.4. The summed E-state index contributed by atoms with van der Waals surface area (Å²) in [7, 11) is 0. The molecule has 2 aromatic heterocycles. The van der Waals surface area contributed by atoms with Crippen LogP contribution in [0.1, 0.15) is 102 Å². The fraction of sp³-hybridized carbons (Fsp3) is 0.652. The predicted octanol–water partition coefficient (Wildman–Crippen LogP) is 6.65. The largest absolute Gasteiger partial charge is 0.451 e. The van der Waals surface area contributed by atoms with Gasteiger partial charge in [0.05, 0.1) is 0 Å². The second kappa shape index (κ2) is 6.51. The SMILES string of the molecule is CC(C)C(=O)c1cc2nc(C3CCC(C)(C)CC3)cc(C(C)(C)C)c2o1. The van der Waals surface area contributed by atoms with Gasteiger partial charge in [-0.15, -0.1) is 0 Å². The second-order valence-electron chi connectivity index (χ2n) is 10.1. The zero-order valence-electron chi connectivity index (χ0n) is 17.4. The minimum Gasteiger partial charge on any atom is -0.451 e. The molecule has 0 spiro atoms. The van der Waals surface area contributed by atoms with E-state index in [0.29, 0.717) is 17.1 Å². The summed E-state index contributed by atoms with van der Waals surface area (Å²) in [4.78, 5) is 17.3. The standard InChI is InChI=1S/C23H33NO2/c1-14(2)20(25)19-13-18-21(26-19)16(22(3,4)5)12-17(24-18)15-8-10-23(6,7)11-9-15/h12-15H,8-11H2,1-7H3. The lowest BCUT2D eigenvalue weighted by atomic mass is 9.72. The van der Waals surface area contributed by atoms with Crippen LogP contribution in [-0.4, -0.2) is 10.8 Å². The number of hydrogen-bond acceptors (Lipinski definition) is 3. The smallest absolute Gasteiger partial charge is 0.200 e. The zero-order chi connectivity index (χ0) is 19.3. The average Bonchev–Trinajstić information content (AvgIpc) is 2.95. The van der Waals surface area contributed by atoms with Crippen molar-refractivity contribution in [3.63, 3.8) is 0 Å². The van der Waals surface area contributed by atoms with Crippen molar-refractivity contribution in [2.24, 2.45) is 11.3 Å². The minimum absolute atomic E-state index is 0.0452. The van der Waals surface area contributed by atoms with Crippen LogP contribution in [0.3, 0.4) is 0 Å². The maximum atomic E-state index is 12.4. The molecule has 1 aliphatic carbocycles. The average molecular weight is 356 g/mol. The number of fused-ring (bicyclic) bond motifs is 1. The van der Waals surface area contributed by atoms with Gasteiger partial charge < -0.3 is 4.42 Å². The highest BCUT2D eigenvalue weighted by molar-refractivity contribution is 5.98. The fourth-order valence-corrected chi connectivity index (χ4v) is 3.91. The first-order valence-electron chi connectivity index (χ1n) is 9.97. The van der Waals surface area contributed by atoms with Crippen LogP contribution in [0.5, 0.6) is 0 Å². The third-order valence-electron chi connectivity index (χ3n) is 5.83. The number of ketones is 1. The van der Waals surface area contributed by atoms with Crippen molar-refractivity contribution < 1.29 is 9.21 Å². The van der Waals surface area contributed by atoms with Gasteiger partial charge in [0, 0.05) is 29.2 Å². The highest BCUT2D eigenvalue weighted by Crippen LogP contribution is 2.43. The molecule has 0 N–H and O–H groups in total. The van der Waals surface area contributed by atoms with Crippen LogP contribution in [0, 0.1) is 11.3 Å². The number of furan rings is 1. The molecule has 2 aromatic rings. The Morgan fingerprint density at radius 2 is 1.81 bits per heavy atom. The van der Waals surface area contributed by atoms with Crippen molar-refractivity contribution in [1.29, 1.82) is 0 Å². The number of nitrogens with zero attached hydrogens (tertiary/aromatic N) is 1. The van der Waals surface area contributed by atoms with Gasteiger partial charge in [-0.3, -0.25) is 4.79 Å². The molecule has 0 radical (unpaired) electrons. The Kier molecular flexibility index (Phi) is 4.79. The van der Waals surface area contributed by atoms with Gasteiger partial charge in [0.15, 0.2) is 11.3 Å². The van der Waals surface area contributed by atoms with Crippen molar-refractivity contribution in [1.82, 2.24) is 4.98 Å². The highest BCUT2D eigenvalue weighted by Gasteiger charge is 2.31. The highest BCUT2D eigenvalue weighted by atomic mass is 16.3. The van der Waals surface area contributed by atoms with E-state index < -0.39 is 0 Å². The van der Waals surface area contributed by atoms with Gasteiger partial charge in [0.1, 0.15) is 5.52 Å². The number of aromatic nitrogens is 1. The summed E-state index contributed by atoms with van der Waals surface area (Å²) < 4.78 is 6.01. The first-order chi connectivity index (χ1) is 12.0. The molecule has 0 amide bonds. The molecule has 1 saturated carbocycles. The van der Waals surface area contributed by atoms with Gasteiger partial charge in [-0.05, 0) is 42.6 Å². The fourth-order valence-electron chi connectivity index (χ4n) is 3.91. The second-order valence-corrected chi connectivity index (χ2v) is 10.1. The van der Waals surface area contributed by atoms with Crippen LogP contribution in [0.15, 0.2) is 16.5 Å². The van der Waals surface area contributed by atoms with Crippen molar-refractivity contribution in [2.75, 3.05) is 0 Å². The topological polar surface area (TPSA) is 43.1 Å². The maximum Gasteiger partial charge on any atom is 0.200 e. The predicted molar refractivity (Wildman–Crippen MR) is 107 cm³/mol. The summed E-state index contributed by atoms with van der Waals surface area (Å²) in [5.41, 5.74) is 4.33. The van der Waals surface area contributed by atoms with Crippen molar-refractivity contribution in [3.05, 3.63) is 29.2 Å². The van der Waals surface area contributed by atoms with Crippen LogP contribution in [0.4, 0.5) is 0 Å². The molecular formula is C23H33NO2. The van der Waals surface area contributed by atoms with E-state index in [1.165, 1.54) is 31.4 Å². The summed E-state index contributed by atoms with van der Waals surface area (Å²) >= 11 is 0. The molecule has 0 bridgehead atoms. The van der Waals surface area contributed by atoms with E-state index in [1.807, 2.05) is 19.9 Å². The summed E-state index contributed by atoms with van der Waals surface area (Å²) in [6.07, 6.45) is 4.85. The van der Waals surface area contributed by atoms with E-state index >= 15 is 0 Å². The molecule has 3 heteroatoms. The van der Waals surface area contributed by atoms with E-state index in [0.717, 1.165) is 16.7 Å². The normalized spacial score (nSPS) is 18.6. The number of carbonyl (C=O) groups is 1. The molecule has 0 aliphatic heterocycles. The Morgan fingerprint density at radius 3 is 2.35 bits per heavy atom. The Hall–Kier alpha value is -1.64. The van der Waals surface area contributed by atoms with Gasteiger partial charge in [0.25, 0.3) is 0 Å². The zero-order valence-corrected chi connectivity index (χ0v) is 17.4. The summed E-state index contributed by atoms with van der Waals surface area (Å²) in [6.45, 7) is 15.1. The Labute approximate surface area is 157 Å². The van der Waals surface area contributed by atoms with Gasteiger partial charge in [-0.1, -0.05) is 48.5 Å². The van der Waals surface area contributed by atoms with E-state index in [4.69, 9.17) is 9.40 Å². The lowest BCUT2D eigenvalue weighted by Crippen LogP contribution is -2.21. The van der Waals surface area contributed by atoms with Crippen LogP contribution >= 0.6 is 0 Å². The Morgan fingerprint density at radius 1 is 1.19 bits per heavy atom. The summed E-state index contributed by atoms with van der Waals surface area (Å²) in [5.74, 6) is 0.917. The Balaban J connectivity index is 2.07. The molecule has 0 unspecified atom stereocenters.